The lowest BCUT2D eigenvalue weighted by Gasteiger charge is -2.07. The summed E-state index contributed by atoms with van der Waals surface area (Å²) in [6.45, 7) is -1.96. The molecule has 0 aliphatic heterocycles. The third kappa shape index (κ3) is 2.59. The van der Waals surface area contributed by atoms with E-state index >= 15 is 0 Å². The molecule has 0 aliphatic rings. The summed E-state index contributed by atoms with van der Waals surface area (Å²) < 4.78 is 44.5. The Hall–Kier alpha value is -2.29. The molecule has 0 aliphatic carbocycles. The van der Waals surface area contributed by atoms with E-state index in [0.717, 1.165) is 19.2 Å². The van der Waals surface area contributed by atoms with Crippen LogP contribution in [0, 0.1) is 12.7 Å². The average Bonchev–Trinajstić information content (AvgIpc) is 2.73. The van der Waals surface area contributed by atoms with Crippen LogP contribution in [0.1, 0.15) is 22.7 Å². The number of carbonyl (C=O) groups excluding carboxylic acids is 1. The van der Waals surface area contributed by atoms with Gasteiger partial charge in [-0.3, -0.25) is 0 Å². The zero-order valence-electron chi connectivity index (χ0n) is 11.3. The summed E-state index contributed by atoms with van der Waals surface area (Å²) in [7, 11) is 1.09. The highest BCUT2D eigenvalue weighted by Crippen LogP contribution is 2.23. The lowest BCUT2D eigenvalue weighted by atomic mass is 10.2. The SMILES string of the molecule is COC(=O)c1cc(-n2nc(C)n(C(F)F)c2=O)c(F)cc1Cl. The fourth-order valence-corrected chi connectivity index (χ4v) is 2.05. The van der Waals surface area contributed by atoms with Gasteiger partial charge in [0.15, 0.2) is 5.82 Å². The minimum absolute atomic E-state index is 0.0891. The fraction of sp³-hybridized carbons (Fsp3) is 0.250. The van der Waals surface area contributed by atoms with Gasteiger partial charge in [0.25, 0.3) is 0 Å². The molecule has 118 valence electrons. The maximum absolute atomic E-state index is 14.0. The highest BCUT2D eigenvalue weighted by molar-refractivity contribution is 6.33. The Labute approximate surface area is 126 Å². The first kappa shape index (κ1) is 16.1. The van der Waals surface area contributed by atoms with Gasteiger partial charge in [0, 0.05) is 0 Å². The predicted molar refractivity (Wildman–Crippen MR) is 70.1 cm³/mol. The molecule has 0 atom stereocenters. The summed E-state index contributed by atoms with van der Waals surface area (Å²) in [5, 5.41) is 3.33. The molecule has 22 heavy (non-hydrogen) atoms. The molecule has 0 unspecified atom stereocenters. The van der Waals surface area contributed by atoms with Crippen LogP contribution >= 0.6 is 11.6 Å². The third-order valence-corrected chi connectivity index (χ3v) is 3.16. The summed E-state index contributed by atoms with van der Waals surface area (Å²) >= 11 is 5.72. The number of nitrogens with zero attached hydrogens (tertiary/aromatic N) is 3. The van der Waals surface area contributed by atoms with Crippen molar-refractivity contribution in [1.29, 1.82) is 0 Å². The number of aryl methyl sites for hydroxylation is 1. The maximum atomic E-state index is 14.0. The smallest absolute Gasteiger partial charge is 0.355 e. The van der Waals surface area contributed by atoms with Crippen molar-refractivity contribution in [3.8, 4) is 5.69 Å². The number of hydrogen-bond donors (Lipinski definition) is 0. The minimum Gasteiger partial charge on any atom is -0.465 e. The molecule has 1 aromatic heterocycles. The predicted octanol–water partition coefficient (Wildman–Crippen LogP) is 2.32. The molecule has 2 aromatic rings. The Balaban J connectivity index is 2.71. The van der Waals surface area contributed by atoms with E-state index in [1.165, 1.54) is 6.92 Å². The lowest BCUT2D eigenvalue weighted by Crippen LogP contribution is -2.25. The van der Waals surface area contributed by atoms with Crippen molar-refractivity contribution < 1.29 is 22.7 Å². The molecular formula is C12H9ClF3N3O3. The van der Waals surface area contributed by atoms with E-state index < -0.39 is 29.7 Å². The first-order chi connectivity index (χ1) is 10.3. The monoisotopic (exact) mass is 335 g/mol. The Bertz CT molecular complexity index is 801. The summed E-state index contributed by atoms with van der Waals surface area (Å²) in [5.74, 6) is -2.18. The van der Waals surface area contributed by atoms with Crippen molar-refractivity contribution in [2.75, 3.05) is 7.11 Å². The van der Waals surface area contributed by atoms with Crippen molar-refractivity contribution in [2.45, 2.75) is 13.5 Å². The van der Waals surface area contributed by atoms with Gasteiger partial charge in [-0.2, -0.15) is 13.5 Å². The van der Waals surface area contributed by atoms with Crippen LogP contribution in [0.2, 0.25) is 5.02 Å². The molecule has 0 fully saturated rings. The van der Waals surface area contributed by atoms with Crippen molar-refractivity contribution in [1.82, 2.24) is 14.3 Å². The van der Waals surface area contributed by atoms with Gasteiger partial charge in [0.2, 0.25) is 0 Å². The van der Waals surface area contributed by atoms with E-state index in [2.05, 4.69) is 9.84 Å². The van der Waals surface area contributed by atoms with E-state index in [9.17, 15) is 22.8 Å². The first-order valence-electron chi connectivity index (χ1n) is 5.82. The van der Waals surface area contributed by atoms with Gasteiger partial charge in [0.1, 0.15) is 11.5 Å². The Morgan fingerprint density at radius 2 is 2.05 bits per heavy atom. The highest BCUT2D eigenvalue weighted by atomic mass is 35.5. The van der Waals surface area contributed by atoms with Gasteiger partial charge in [-0.05, 0) is 19.1 Å². The van der Waals surface area contributed by atoms with Crippen LogP contribution in [0.5, 0.6) is 0 Å². The van der Waals surface area contributed by atoms with Crippen molar-refractivity contribution in [3.05, 3.63) is 44.8 Å². The molecule has 2 rings (SSSR count). The summed E-state index contributed by atoms with van der Waals surface area (Å²) in [6, 6.07) is 1.68. The van der Waals surface area contributed by atoms with Crippen LogP contribution in [-0.2, 0) is 4.74 Å². The molecule has 0 saturated heterocycles. The number of carbonyl (C=O) groups is 1. The molecule has 6 nitrogen and oxygen atoms in total. The van der Waals surface area contributed by atoms with Crippen LogP contribution in [0.15, 0.2) is 16.9 Å². The maximum Gasteiger partial charge on any atom is 0.355 e. The Morgan fingerprint density at radius 3 is 2.55 bits per heavy atom. The summed E-state index contributed by atoms with van der Waals surface area (Å²) in [5.41, 5.74) is -1.96. The van der Waals surface area contributed by atoms with Crippen LogP contribution < -0.4 is 5.69 Å². The number of ether oxygens (including phenoxy) is 1. The van der Waals surface area contributed by atoms with E-state index in [-0.39, 0.29) is 21.0 Å². The second-order valence-electron chi connectivity index (χ2n) is 4.16. The number of aromatic nitrogens is 3. The molecule has 1 aromatic carbocycles. The van der Waals surface area contributed by atoms with Gasteiger partial charge in [-0.15, -0.1) is 5.10 Å². The van der Waals surface area contributed by atoms with Gasteiger partial charge < -0.3 is 4.74 Å². The second-order valence-corrected chi connectivity index (χ2v) is 4.57. The van der Waals surface area contributed by atoms with Crippen molar-refractivity contribution in [3.63, 3.8) is 0 Å². The number of halogens is 4. The zero-order valence-corrected chi connectivity index (χ0v) is 12.1. The number of methoxy groups -OCH3 is 1. The highest BCUT2D eigenvalue weighted by Gasteiger charge is 2.22. The lowest BCUT2D eigenvalue weighted by molar-refractivity contribution is 0.0599. The van der Waals surface area contributed by atoms with Crippen molar-refractivity contribution >= 4 is 17.6 Å². The number of benzene rings is 1. The Morgan fingerprint density at radius 1 is 1.41 bits per heavy atom. The molecule has 0 radical (unpaired) electrons. The molecule has 0 bridgehead atoms. The fourth-order valence-electron chi connectivity index (χ4n) is 1.82. The standard InChI is InChI=1S/C12H9ClF3N3O3/c1-5-17-19(12(21)18(5)11(15)16)9-3-6(10(20)22-2)7(13)4-8(9)14/h3-4,11H,1-2H3. The molecule has 1 heterocycles. The van der Waals surface area contributed by atoms with Gasteiger partial charge in [-0.25, -0.2) is 18.5 Å². The minimum atomic E-state index is -3.13. The van der Waals surface area contributed by atoms with Crippen molar-refractivity contribution in [2.24, 2.45) is 0 Å². The second kappa shape index (κ2) is 5.84. The third-order valence-electron chi connectivity index (χ3n) is 2.85. The zero-order chi connectivity index (χ0) is 16.6. The van der Waals surface area contributed by atoms with Crippen LogP contribution in [0.25, 0.3) is 5.69 Å². The quantitative estimate of drug-likeness (QED) is 0.807. The molecule has 0 saturated carbocycles. The van der Waals surface area contributed by atoms with E-state index in [1.807, 2.05) is 0 Å². The number of esters is 1. The summed E-state index contributed by atoms with van der Waals surface area (Å²) in [4.78, 5) is 23.4. The van der Waals surface area contributed by atoms with E-state index in [0.29, 0.717) is 4.68 Å². The number of rotatable bonds is 3. The van der Waals surface area contributed by atoms with E-state index in [4.69, 9.17) is 11.6 Å². The molecule has 0 amide bonds. The summed E-state index contributed by atoms with van der Waals surface area (Å²) in [6.07, 6.45) is 0. The molecule has 10 heteroatoms. The Kier molecular flexibility index (Phi) is 4.27. The van der Waals surface area contributed by atoms with Crippen LogP contribution in [0.4, 0.5) is 13.2 Å². The normalized spacial score (nSPS) is 11.0. The largest absolute Gasteiger partial charge is 0.465 e. The number of alkyl halides is 2. The molecular weight excluding hydrogens is 327 g/mol. The van der Waals surface area contributed by atoms with Gasteiger partial charge >= 0.3 is 18.2 Å². The molecule has 0 N–H and O–H groups in total. The van der Waals surface area contributed by atoms with Crippen LogP contribution in [-0.4, -0.2) is 27.4 Å². The van der Waals surface area contributed by atoms with E-state index in [1.54, 1.807) is 0 Å². The van der Waals surface area contributed by atoms with Crippen LogP contribution in [0.3, 0.4) is 0 Å². The topological polar surface area (TPSA) is 66.1 Å². The first-order valence-corrected chi connectivity index (χ1v) is 6.19. The molecule has 0 spiro atoms. The number of hydrogen-bond acceptors (Lipinski definition) is 4. The average molecular weight is 336 g/mol. The van der Waals surface area contributed by atoms with Gasteiger partial charge in [-0.1, -0.05) is 11.6 Å². The van der Waals surface area contributed by atoms with Gasteiger partial charge in [0.05, 0.1) is 17.7 Å².